The molecule has 2 nitrogen and oxygen atoms in total. The molecule has 2 atom stereocenters. The molecule has 2 aliphatic carbocycles. The van der Waals surface area contributed by atoms with Crippen molar-refractivity contribution in [3.05, 3.63) is 125 Å². The Kier molecular flexibility index (Phi) is 5.17. The van der Waals surface area contributed by atoms with Crippen LogP contribution in [0.1, 0.15) is 43.4 Å². The van der Waals surface area contributed by atoms with Gasteiger partial charge >= 0.3 is 0 Å². The smallest absolute Gasteiger partial charge is 0.226 e. The van der Waals surface area contributed by atoms with E-state index in [1.54, 1.807) is 0 Å². The fourth-order valence-electron chi connectivity index (χ4n) is 7.42. The summed E-state index contributed by atoms with van der Waals surface area (Å²) in [7, 11) is 0. The molecule has 0 aromatic heterocycles. The molecule has 3 aromatic rings. The molecule has 188 valence electrons. The maximum atomic E-state index is 2.62. The van der Waals surface area contributed by atoms with Gasteiger partial charge in [-0.15, -0.1) is 0 Å². The van der Waals surface area contributed by atoms with Crippen LogP contribution in [-0.2, 0) is 0 Å². The second kappa shape index (κ2) is 8.40. The highest BCUT2D eigenvalue weighted by molar-refractivity contribution is 6.90. The highest BCUT2D eigenvalue weighted by Crippen LogP contribution is 2.54. The normalized spacial score (nSPS) is 23.2. The van der Waals surface area contributed by atoms with E-state index in [4.69, 9.17) is 0 Å². The topological polar surface area (TPSA) is 6.48 Å². The second-order valence-corrected chi connectivity index (χ2v) is 11.9. The third kappa shape index (κ3) is 3.34. The van der Waals surface area contributed by atoms with E-state index in [2.05, 4.69) is 135 Å². The van der Waals surface area contributed by atoms with Gasteiger partial charge in [0, 0.05) is 34.3 Å². The fraction of sp³-hybridized carbons (Fsp3) is 0.257. The number of aryl methyl sites for hydroxylation is 3. The van der Waals surface area contributed by atoms with Gasteiger partial charge in [-0.25, -0.2) is 0 Å². The molecule has 2 unspecified atom stereocenters. The van der Waals surface area contributed by atoms with Crippen molar-refractivity contribution < 1.29 is 0 Å². The summed E-state index contributed by atoms with van der Waals surface area (Å²) < 4.78 is 0. The maximum absolute atomic E-state index is 2.62. The molecule has 0 saturated heterocycles. The molecule has 3 aromatic carbocycles. The number of fused-ring (bicyclic) bond motifs is 4. The average molecular weight is 494 g/mol. The van der Waals surface area contributed by atoms with Crippen molar-refractivity contribution in [3.63, 3.8) is 0 Å². The van der Waals surface area contributed by atoms with Gasteiger partial charge < -0.3 is 9.80 Å². The Morgan fingerprint density at radius 1 is 0.842 bits per heavy atom. The lowest BCUT2D eigenvalue weighted by molar-refractivity contribution is 0.535. The van der Waals surface area contributed by atoms with Crippen LogP contribution >= 0.6 is 0 Å². The molecule has 0 saturated carbocycles. The zero-order valence-electron chi connectivity index (χ0n) is 23.1. The minimum Gasteiger partial charge on any atom is -0.333 e. The van der Waals surface area contributed by atoms with Gasteiger partial charge in [0.25, 0.3) is 0 Å². The minimum atomic E-state index is -0.224. The third-order valence-electron chi connectivity index (χ3n) is 9.04. The lowest BCUT2D eigenvalue weighted by Gasteiger charge is -2.58. The minimum absolute atomic E-state index is 0.224. The largest absolute Gasteiger partial charge is 0.333 e. The average Bonchev–Trinajstić information content (AvgIpc) is 2.88. The molecule has 0 bridgehead atoms. The quantitative estimate of drug-likeness (QED) is 0.343. The van der Waals surface area contributed by atoms with E-state index in [0.29, 0.717) is 0 Å². The predicted molar refractivity (Wildman–Crippen MR) is 164 cm³/mol. The van der Waals surface area contributed by atoms with E-state index < -0.39 is 0 Å². The summed E-state index contributed by atoms with van der Waals surface area (Å²) in [6.07, 6.45) is 14.2. The van der Waals surface area contributed by atoms with Crippen LogP contribution in [0.5, 0.6) is 0 Å². The zero-order chi connectivity index (χ0) is 26.2. The van der Waals surface area contributed by atoms with Crippen LogP contribution in [0.15, 0.2) is 108 Å². The van der Waals surface area contributed by atoms with E-state index in [0.717, 1.165) is 12.8 Å². The molecule has 0 N–H and O–H groups in total. The SMILES string of the molecule is CC1=CC(N2C3=CC=CC4(C)C3B(c3cc(C)ccc32)c2cc(C)ccc2N4c2cccc(C)c2)=CCC1. The summed E-state index contributed by atoms with van der Waals surface area (Å²) in [5.41, 5.74) is 14.7. The van der Waals surface area contributed by atoms with Crippen molar-refractivity contribution in [2.24, 2.45) is 0 Å². The predicted octanol–water partition coefficient (Wildman–Crippen LogP) is 7.40. The first-order valence-electron chi connectivity index (χ1n) is 14.0. The van der Waals surface area contributed by atoms with Crippen molar-refractivity contribution in [3.8, 4) is 0 Å². The van der Waals surface area contributed by atoms with Crippen LogP contribution in [0.2, 0.25) is 5.82 Å². The van der Waals surface area contributed by atoms with E-state index in [1.807, 2.05) is 0 Å². The number of rotatable bonds is 2. The molecular formula is C35H35BN2. The van der Waals surface area contributed by atoms with Gasteiger partial charge in [0.15, 0.2) is 0 Å². The van der Waals surface area contributed by atoms with Crippen molar-refractivity contribution >= 4 is 34.7 Å². The molecule has 0 radical (unpaired) electrons. The van der Waals surface area contributed by atoms with E-state index >= 15 is 0 Å². The highest BCUT2D eigenvalue weighted by atomic mass is 15.2. The zero-order valence-corrected chi connectivity index (χ0v) is 23.1. The van der Waals surface area contributed by atoms with E-state index in [-0.39, 0.29) is 18.1 Å². The molecule has 0 spiro atoms. The van der Waals surface area contributed by atoms with Crippen LogP contribution in [0.25, 0.3) is 0 Å². The van der Waals surface area contributed by atoms with Gasteiger partial charge in [0.1, 0.15) is 0 Å². The van der Waals surface area contributed by atoms with Crippen LogP contribution in [0.3, 0.4) is 0 Å². The molecule has 2 aliphatic heterocycles. The van der Waals surface area contributed by atoms with Gasteiger partial charge in [-0.05, 0) is 100 Å². The Hall–Kier alpha value is -3.72. The number of hydrogen-bond acceptors (Lipinski definition) is 2. The monoisotopic (exact) mass is 494 g/mol. The first kappa shape index (κ1) is 23.4. The van der Waals surface area contributed by atoms with Crippen LogP contribution in [0.4, 0.5) is 17.1 Å². The molecule has 0 amide bonds. The van der Waals surface area contributed by atoms with Gasteiger partial charge in [-0.1, -0.05) is 71.3 Å². The van der Waals surface area contributed by atoms with Crippen molar-refractivity contribution in [2.75, 3.05) is 9.80 Å². The number of anilines is 3. The van der Waals surface area contributed by atoms with Gasteiger partial charge in [0.2, 0.25) is 6.71 Å². The van der Waals surface area contributed by atoms with E-state index in [1.165, 1.54) is 61.6 Å². The Bertz CT molecular complexity index is 1610. The molecule has 7 rings (SSSR count). The second-order valence-electron chi connectivity index (χ2n) is 11.9. The van der Waals surface area contributed by atoms with E-state index in [9.17, 15) is 0 Å². The van der Waals surface area contributed by atoms with Gasteiger partial charge in [-0.2, -0.15) is 0 Å². The number of nitrogens with zero attached hydrogens (tertiary/aromatic N) is 2. The summed E-state index contributed by atoms with van der Waals surface area (Å²) in [6, 6.07) is 23.2. The van der Waals surface area contributed by atoms with Crippen LogP contribution < -0.4 is 20.7 Å². The Morgan fingerprint density at radius 3 is 2.29 bits per heavy atom. The van der Waals surface area contributed by atoms with Gasteiger partial charge in [0.05, 0.1) is 5.54 Å². The summed E-state index contributed by atoms with van der Waals surface area (Å²) in [5, 5.41) is 0. The van der Waals surface area contributed by atoms with Crippen molar-refractivity contribution in [2.45, 2.75) is 58.8 Å². The number of allylic oxidation sites excluding steroid dienone is 5. The Balaban J connectivity index is 1.56. The van der Waals surface area contributed by atoms with Crippen molar-refractivity contribution in [1.29, 1.82) is 0 Å². The third-order valence-corrected chi connectivity index (χ3v) is 9.04. The lowest BCUT2D eigenvalue weighted by atomic mass is 9.26. The summed E-state index contributed by atoms with van der Waals surface area (Å²) in [5.74, 6) is 0.271. The molecule has 4 aliphatic rings. The van der Waals surface area contributed by atoms with Crippen LogP contribution in [0, 0.1) is 20.8 Å². The molecule has 0 fully saturated rings. The maximum Gasteiger partial charge on any atom is 0.226 e. The Morgan fingerprint density at radius 2 is 1.55 bits per heavy atom. The number of benzene rings is 3. The molecule has 3 heteroatoms. The van der Waals surface area contributed by atoms with Gasteiger partial charge in [-0.3, -0.25) is 0 Å². The Labute approximate surface area is 227 Å². The van der Waals surface area contributed by atoms with Crippen LogP contribution in [-0.4, -0.2) is 12.3 Å². The highest BCUT2D eigenvalue weighted by Gasteiger charge is 2.57. The molecule has 2 heterocycles. The first-order valence-corrected chi connectivity index (χ1v) is 14.0. The molecule has 38 heavy (non-hydrogen) atoms. The summed E-state index contributed by atoms with van der Waals surface area (Å²) >= 11 is 0. The fourth-order valence-corrected chi connectivity index (χ4v) is 7.42. The number of hydrogen-bond donors (Lipinski definition) is 0. The lowest BCUT2D eigenvalue weighted by Crippen LogP contribution is -2.68. The van der Waals surface area contributed by atoms with Crippen molar-refractivity contribution in [1.82, 2.24) is 0 Å². The summed E-state index contributed by atoms with van der Waals surface area (Å²) in [6.45, 7) is 11.7. The molecular weight excluding hydrogens is 459 g/mol. The summed E-state index contributed by atoms with van der Waals surface area (Å²) in [4.78, 5) is 5.20. The first-order chi connectivity index (χ1) is 18.3. The standard InChI is InChI=1S/C35H35BN2/c1-23-9-6-11-27(19-23)37-31-16-14-25(3)21-29(31)36-30-22-26(4)15-17-32(30)38(28-12-7-10-24(2)20-28)35(5)18-8-13-33(37)34(35)36/h7-8,10-22,34H,6,9H2,1-5H3.